The monoisotopic (exact) mass is 338 g/mol. The van der Waals surface area contributed by atoms with Crippen molar-refractivity contribution in [2.45, 2.75) is 0 Å². The number of hydrogen-bond donors (Lipinski definition) is 0. The summed E-state index contributed by atoms with van der Waals surface area (Å²) in [6.45, 7) is 0. The SMILES string of the molecule is O=C([O-])[O-].O=S(=O)([O-])[O-].[Cl-].[K+].[K+].[Na+].[Na+].[Na+]. The second-order valence-electron chi connectivity index (χ2n) is 0.658. The molecule has 64 valence electrons. The Morgan fingerprint density at radius 2 is 0.867 bits per heavy atom. The third kappa shape index (κ3) is 190. The Labute approximate surface area is 245 Å². The van der Waals surface area contributed by atoms with E-state index in [1.54, 1.807) is 0 Å². The molecule has 0 aromatic carbocycles. The van der Waals surface area contributed by atoms with E-state index in [0.29, 0.717) is 0 Å². The molecule has 0 aliphatic carbocycles. The second-order valence-corrected chi connectivity index (χ2v) is 1.47. The molecule has 0 aliphatic rings. The largest absolute Gasteiger partial charge is 1.00 e. The Bertz CT molecular complexity index is 175. The fourth-order valence-electron chi connectivity index (χ4n) is 0. The molecule has 0 rings (SSSR count). The van der Waals surface area contributed by atoms with Crippen LogP contribution in [0, 0.1) is 0 Å². The first-order chi connectivity index (χ1) is 3.73. The van der Waals surface area contributed by atoms with E-state index in [2.05, 4.69) is 0 Å². The normalized spacial score (nSPS) is 5.47. The molecule has 0 heterocycles. The first-order valence-corrected chi connectivity index (χ1v) is 2.61. The van der Waals surface area contributed by atoms with Crippen molar-refractivity contribution in [2.24, 2.45) is 0 Å². The predicted molar refractivity (Wildman–Crippen MR) is 15.9 cm³/mol. The van der Waals surface area contributed by atoms with Crippen LogP contribution in [0.2, 0.25) is 0 Å². The molecule has 0 fully saturated rings. The number of halogens is 1. The van der Waals surface area contributed by atoms with Crippen molar-refractivity contribution in [3.8, 4) is 0 Å². The molecule has 0 unspecified atom stereocenters. The molecule has 0 N–H and O–H groups in total. The van der Waals surface area contributed by atoms with Crippen molar-refractivity contribution in [3.63, 3.8) is 0 Å². The molecule has 0 atom stereocenters. The summed E-state index contributed by atoms with van der Waals surface area (Å²) in [5, 5.41) is 16.7. The van der Waals surface area contributed by atoms with Gasteiger partial charge in [-0.25, -0.2) is 0 Å². The summed E-state index contributed by atoms with van der Waals surface area (Å²) in [4.78, 5) is 8.33. The molecule has 7 nitrogen and oxygen atoms in total. The summed E-state index contributed by atoms with van der Waals surface area (Å²) in [6.07, 6.45) is -2.33. The number of carbonyl (C=O) groups excluding carboxylic acids is 1. The maximum Gasteiger partial charge on any atom is 1.00 e. The van der Waals surface area contributed by atoms with Gasteiger partial charge in [-0.15, -0.1) is 0 Å². The summed E-state index contributed by atoms with van der Waals surface area (Å²) in [5.41, 5.74) is 0. The smallest absolute Gasteiger partial charge is 1.00 e. The number of rotatable bonds is 0. The van der Waals surface area contributed by atoms with E-state index in [9.17, 15) is 0 Å². The molecule has 14 heteroatoms. The molecule has 0 saturated carbocycles. The Hall–Kier alpha value is 5.70. The van der Waals surface area contributed by atoms with Crippen LogP contribution in [0.4, 0.5) is 4.79 Å². The number of carbonyl (C=O) groups is 1. The van der Waals surface area contributed by atoms with E-state index in [4.69, 9.17) is 32.5 Å². The van der Waals surface area contributed by atoms with Crippen molar-refractivity contribution >= 4 is 16.6 Å². The van der Waals surface area contributed by atoms with Crippen LogP contribution < -0.4 is 214 Å². The molecule has 15 heavy (non-hydrogen) atoms. The van der Waals surface area contributed by atoms with Crippen LogP contribution >= 0.6 is 0 Å². The predicted octanol–water partition coefficient (Wildman–Crippen LogP) is -21.8. The summed E-state index contributed by atoms with van der Waals surface area (Å²) >= 11 is 0. The van der Waals surface area contributed by atoms with E-state index in [1.165, 1.54) is 0 Å². The Balaban J connectivity index is -0.00000000785. The zero-order valence-corrected chi connectivity index (χ0v) is 23.0. The summed E-state index contributed by atoms with van der Waals surface area (Å²) in [6, 6.07) is 0. The third-order valence-electron chi connectivity index (χ3n) is 0. The van der Waals surface area contributed by atoms with Gasteiger partial charge in [0.05, 0.1) is 0 Å². The van der Waals surface area contributed by atoms with Crippen molar-refractivity contribution in [1.29, 1.82) is 0 Å². The minimum Gasteiger partial charge on any atom is -1.00 e. The molecule has 0 saturated heterocycles. The van der Waals surface area contributed by atoms with Crippen LogP contribution in [0.1, 0.15) is 0 Å². The standard InChI is InChI=1S/CH2O3.ClH.2K.3Na.H2O4S/c2-1(3)4;;;;;;;1-5(2,3)4/h(H2,2,3,4);1H;;;;;;(H2,1,2,3,4)/q;;5*+1;/p-5. The molecule has 0 bridgehead atoms. The van der Waals surface area contributed by atoms with Crippen LogP contribution in [0.25, 0.3) is 0 Å². The zero-order chi connectivity index (χ0) is 8.08. The van der Waals surface area contributed by atoms with Crippen LogP contribution in [-0.4, -0.2) is 23.7 Å². The summed E-state index contributed by atoms with van der Waals surface area (Å²) in [5.74, 6) is 0. The Kier molecular flexibility index (Phi) is 106. The van der Waals surface area contributed by atoms with E-state index in [1.807, 2.05) is 0 Å². The van der Waals surface area contributed by atoms with Gasteiger partial charge >= 0.3 is 191 Å². The van der Waals surface area contributed by atoms with Gasteiger partial charge in [0.1, 0.15) is 0 Å². The minimum atomic E-state index is -5.17. The van der Waals surface area contributed by atoms with E-state index >= 15 is 0 Å². The fourth-order valence-corrected chi connectivity index (χ4v) is 0. The van der Waals surface area contributed by atoms with Gasteiger partial charge in [0, 0.05) is 10.4 Å². The first-order valence-electron chi connectivity index (χ1n) is 1.28. The van der Waals surface area contributed by atoms with Gasteiger partial charge in [0.2, 0.25) is 0 Å². The molecule has 0 amide bonds. The number of carboxylic acid groups (broad SMARTS) is 2. The van der Waals surface area contributed by atoms with Crippen molar-refractivity contribution in [1.82, 2.24) is 0 Å². The van der Waals surface area contributed by atoms with Crippen molar-refractivity contribution in [2.75, 3.05) is 0 Å². The van der Waals surface area contributed by atoms with Gasteiger partial charge in [-0.2, -0.15) is 0 Å². The maximum absolute atomic E-state index is 8.52. The van der Waals surface area contributed by atoms with Crippen molar-refractivity contribution in [3.05, 3.63) is 0 Å². The minimum absolute atomic E-state index is 0. The quantitative estimate of drug-likeness (QED) is 0.242. The third-order valence-corrected chi connectivity index (χ3v) is 0. The molecule has 0 radical (unpaired) electrons. The zero-order valence-electron chi connectivity index (χ0n) is 9.14. The maximum atomic E-state index is 8.52. The van der Waals surface area contributed by atoms with Gasteiger partial charge in [0.15, 0.2) is 0 Å². The van der Waals surface area contributed by atoms with Crippen LogP contribution in [0.3, 0.4) is 0 Å². The Morgan fingerprint density at radius 1 is 0.867 bits per heavy atom. The van der Waals surface area contributed by atoms with Gasteiger partial charge in [-0.05, 0) is 6.16 Å². The van der Waals surface area contributed by atoms with Gasteiger partial charge in [0.25, 0.3) is 0 Å². The van der Waals surface area contributed by atoms with Gasteiger partial charge < -0.3 is 36.5 Å². The Morgan fingerprint density at radius 3 is 0.867 bits per heavy atom. The molecular weight excluding hydrogens is 339 g/mol. The summed E-state index contributed by atoms with van der Waals surface area (Å²) in [7, 11) is -5.17. The van der Waals surface area contributed by atoms with Crippen LogP contribution in [-0.2, 0) is 10.4 Å². The van der Waals surface area contributed by atoms with E-state index in [-0.39, 0.29) is 204 Å². The molecule has 0 aromatic rings. The average Bonchev–Trinajstić information content (AvgIpc) is 1.19. The van der Waals surface area contributed by atoms with E-state index in [0.717, 1.165) is 0 Å². The topological polar surface area (TPSA) is 143 Å². The van der Waals surface area contributed by atoms with Crippen LogP contribution in [0.15, 0.2) is 0 Å². The molecule has 0 aliphatic heterocycles. The van der Waals surface area contributed by atoms with Gasteiger partial charge in [-0.3, -0.25) is 8.42 Å². The van der Waals surface area contributed by atoms with Gasteiger partial charge in [-0.1, -0.05) is 0 Å². The summed E-state index contributed by atoms with van der Waals surface area (Å²) < 4.78 is 34.1. The van der Waals surface area contributed by atoms with Crippen LogP contribution in [0.5, 0.6) is 0 Å². The van der Waals surface area contributed by atoms with Crippen molar-refractivity contribution < 1.29 is 236 Å². The number of hydrogen-bond acceptors (Lipinski definition) is 7. The molecule has 0 spiro atoms. The first kappa shape index (κ1) is 49.8. The van der Waals surface area contributed by atoms with E-state index < -0.39 is 16.6 Å². The molecular formula is CClK2Na3O7S. The second kappa shape index (κ2) is 31.9. The average molecular weight is 339 g/mol. The molecule has 0 aromatic heterocycles. The fraction of sp³-hybridized carbons (Fsp3) is 0.